The quantitative estimate of drug-likeness (QED) is 0.564. The molecule has 2 amide bonds. The third-order valence-corrected chi connectivity index (χ3v) is 5.66. The average molecular weight is 411 g/mol. The Kier molecular flexibility index (Phi) is 7.09. The van der Waals surface area contributed by atoms with E-state index in [0.29, 0.717) is 42.0 Å². The summed E-state index contributed by atoms with van der Waals surface area (Å²) in [7, 11) is 0. The number of nitrogens with one attached hydrogen (secondary N) is 1. The lowest BCUT2D eigenvalue weighted by Crippen LogP contribution is -2.46. The van der Waals surface area contributed by atoms with Crippen LogP contribution in [0.1, 0.15) is 52.0 Å². The maximum Gasteiger partial charge on any atom is 0.252 e. The predicted molar refractivity (Wildman–Crippen MR) is 116 cm³/mol. The van der Waals surface area contributed by atoms with Gasteiger partial charge in [0.1, 0.15) is 0 Å². The van der Waals surface area contributed by atoms with Gasteiger partial charge >= 0.3 is 0 Å². The van der Waals surface area contributed by atoms with Crippen LogP contribution in [0, 0.1) is 6.92 Å². The van der Waals surface area contributed by atoms with E-state index in [1.807, 2.05) is 31.2 Å². The van der Waals surface area contributed by atoms with Crippen molar-refractivity contribution < 1.29 is 14.4 Å². The maximum absolute atomic E-state index is 12.5. The summed E-state index contributed by atoms with van der Waals surface area (Å²) in [6, 6.07) is 14.6. The van der Waals surface area contributed by atoms with Crippen molar-refractivity contribution >= 4 is 30.2 Å². The molecule has 0 unspecified atom stereocenters. The van der Waals surface area contributed by atoms with Gasteiger partial charge in [0.2, 0.25) is 5.91 Å². The first-order chi connectivity index (χ1) is 13.9. The first-order valence-electron chi connectivity index (χ1n) is 9.90. The van der Waals surface area contributed by atoms with Crippen molar-refractivity contribution in [3.63, 3.8) is 0 Å². The van der Waals surface area contributed by atoms with Crippen LogP contribution < -0.4 is 5.32 Å². The molecule has 0 aliphatic carbocycles. The molecule has 152 valence electrons. The van der Waals surface area contributed by atoms with Gasteiger partial charge in [-0.1, -0.05) is 42.0 Å². The van der Waals surface area contributed by atoms with Crippen molar-refractivity contribution in [2.75, 3.05) is 13.1 Å². The van der Waals surface area contributed by atoms with Crippen LogP contribution in [0.25, 0.3) is 0 Å². The molecule has 1 heterocycles. The first-order valence-corrected chi connectivity index (χ1v) is 10.4. The van der Waals surface area contributed by atoms with Crippen LogP contribution in [0.3, 0.4) is 0 Å². The Balaban J connectivity index is 1.43. The van der Waals surface area contributed by atoms with E-state index in [1.54, 1.807) is 29.2 Å². The third-order valence-electron chi connectivity index (χ3n) is 5.27. The molecule has 1 aliphatic rings. The van der Waals surface area contributed by atoms with Crippen LogP contribution in [-0.4, -0.2) is 41.6 Å². The molecule has 1 N–H and O–H groups in total. The molecule has 6 heteroatoms. The number of aryl methyl sites for hydroxylation is 1. The summed E-state index contributed by atoms with van der Waals surface area (Å²) in [6.45, 7) is 3.15. The zero-order chi connectivity index (χ0) is 20.8. The van der Waals surface area contributed by atoms with E-state index in [4.69, 9.17) is 0 Å². The number of carbonyl (C=O) groups excluding carboxylic acids is 3. The monoisotopic (exact) mass is 410 g/mol. The fourth-order valence-corrected chi connectivity index (χ4v) is 3.73. The lowest BCUT2D eigenvalue weighted by molar-refractivity contribution is -0.132. The lowest BCUT2D eigenvalue weighted by atomic mass is 10.0. The van der Waals surface area contributed by atoms with E-state index in [-0.39, 0.29) is 36.5 Å². The number of piperidine rings is 1. The standard InChI is InChI=1S/C23H26N2O3S/c1-16-6-8-17(9-7-16)20(26)10-11-22(27)25-14-12-18(13-15-25)24-23(28)19-4-2-3-5-21(19)29/h2-9,18,29H,10-15H2,1H3,(H,24,28). The second kappa shape index (κ2) is 9.74. The Morgan fingerprint density at radius 1 is 1.00 bits per heavy atom. The number of carbonyl (C=O) groups is 3. The van der Waals surface area contributed by atoms with Gasteiger partial charge in [-0.25, -0.2) is 0 Å². The Morgan fingerprint density at radius 3 is 2.31 bits per heavy atom. The van der Waals surface area contributed by atoms with Crippen LogP contribution in [0.5, 0.6) is 0 Å². The van der Waals surface area contributed by atoms with E-state index >= 15 is 0 Å². The number of likely N-dealkylation sites (tertiary alicyclic amines) is 1. The fourth-order valence-electron chi connectivity index (χ4n) is 3.46. The Hall–Kier alpha value is -2.60. The summed E-state index contributed by atoms with van der Waals surface area (Å²) in [4.78, 5) is 39.6. The SMILES string of the molecule is Cc1ccc(C(=O)CCC(=O)N2CCC(NC(=O)c3ccccc3S)CC2)cc1. The molecule has 2 aromatic rings. The van der Waals surface area contributed by atoms with Crippen molar-refractivity contribution in [3.8, 4) is 0 Å². The van der Waals surface area contributed by atoms with Crippen LogP contribution in [0.15, 0.2) is 53.4 Å². The number of thiol groups is 1. The smallest absolute Gasteiger partial charge is 0.252 e. The van der Waals surface area contributed by atoms with Gasteiger partial charge in [-0.15, -0.1) is 12.6 Å². The molecule has 1 aliphatic heterocycles. The highest BCUT2D eigenvalue weighted by atomic mass is 32.1. The van der Waals surface area contributed by atoms with Crippen LogP contribution in [-0.2, 0) is 4.79 Å². The molecule has 0 saturated carbocycles. The second-order valence-corrected chi connectivity index (χ2v) is 7.92. The third kappa shape index (κ3) is 5.70. The molecular formula is C23H26N2O3S. The van der Waals surface area contributed by atoms with E-state index in [9.17, 15) is 14.4 Å². The van der Waals surface area contributed by atoms with Gasteiger partial charge in [-0.05, 0) is 31.9 Å². The van der Waals surface area contributed by atoms with Crippen LogP contribution >= 0.6 is 12.6 Å². The normalized spacial score (nSPS) is 14.5. The number of amides is 2. The highest BCUT2D eigenvalue weighted by Crippen LogP contribution is 2.17. The molecule has 1 saturated heterocycles. The minimum Gasteiger partial charge on any atom is -0.349 e. The average Bonchev–Trinajstić information content (AvgIpc) is 2.73. The predicted octanol–water partition coefficient (Wildman–Crippen LogP) is 3.67. The maximum atomic E-state index is 12.5. The minimum atomic E-state index is -0.135. The van der Waals surface area contributed by atoms with Crippen LogP contribution in [0.4, 0.5) is 0 Å². The summed E-state index contributed by atoms with van der Waals surface area (Å²) >= 11 is 4.33. The summed E-state index contributed by atoms with van der Waals surface area (Å²) in [5, 5.41) is 3.03. The molecule has 29 heavy (non-hydrogen) atoms. The van der Waals surface area contributed by atoms with Crippen molar-refractivity contribution in [1.29, 1.82) is 0 Å². The number of Topliss-reactive ketones (excluding diaryl/α,β-unsaturated/α-hetero) is 1. The topological polar surface area (TPSA) is 66.5 Å². The molecule has 2 aromatic carbocycles. The summed E-state index contributed by atoms with van der Waals surface area (Å²) < 4.78 is 0. The molecule has 0 aromatic heterocycles. The number of ketones is 1. The number of hydrogen-bond acceptors (Lipinski definition) is 4. The minimum absolute atomic E-state index is 0.00376. The number of benzene rings is 2. The van der Waals surface area contributed by atoms with Gasteiger partial charge in [-0.2, -0.15) is 0 Å². The van der Waals surface area contributed by atoms with Gasteiger partial charge in [-0.3, -0.25) is 14.4 Å². The lowest BCUT2D eigenvalue weighted by Gasteiger charge is -2.32. The molecule has 5 nitrogen and oxygen atoms in total. The van der Waals surface area contributed by atoms with Gasteiger partial charge in [0, 0.05) is 42.4 Å². The summed E-state index contributed by atoms with van der Waals surface area (Å²) in [5.74, 6) is -0.147. The highest BCUT2D eigenvalue weighted by Gasteiger charge is 2.24. The highest BCUT2D eigenvalue weighted by molar-refractivity contribution is 7.80. The van der Waals surface area contributed by atoms with Gasteiger partial charge in [0.05, 0.1) is 5.56 Å². The van der Waals surface area contributed by atoms with Crippen molar-refractivity contribution in [1.82, 2.24) is 10.2 Å². The summed E-state index contributed by atoms with van der Waals surface area (Å²) in [5.41, 5.74) is 2.31. The molecule has 0 spiro atoms. The number of hydrogen-bond donors (Lipinski definition) is 2. The van der Waals surface area contributed by atoms with E-state index in [2.05, 4.69) is 17.9 Å². The first kappa shape index (κ1) is 21.1. The zero-order valence-corrected chi connectivity index (χ0v) is 17.5. The van der Waals surface area contributed by atoms with E-state index < -0.39 is 0 Å². The molecular weight excluding hydrogens is 384 g/mol. The second-order valence-electron chi connectivity index (χ2n) is 7.43. The van der Waals surface area contributed by atoms with E-state index in [0.717, 1.165) is 5.56 Å². The Labute approximate surface area is 176 Å². The van der Waals surface area contributed by atoms with E-state index in [1.165, 1.54) is 0 Å². The summed E-state index contributed by atoms with van der Waals surface area (Å²) in [6.07, 6.45) is 1.85. The van der Waals surface area contributed by atoms with Crippen LogP contribution in [0.2, 0.25) is 0 Å². The van der Waals surface area contributed by atoms with Gasteiger partial charge in [0.25, 0.3) is 5.91 Å². The molecule has 0 bridgehead atoms. The van der Waals surface area contributed by atoms with Crippen molar-refractivity contribution in [2.24, 2.45) is 0 Å². The number of nitrogens with zero attached hydrogens (tertiary/aromatic N) is 1. The molecule has 0 atom stereocenters. The molecule has 0 radical (unpaired) electrons. The Bertz CT molecular complexity index is 887. The molecule has 3 rings (SSSR count). The largest absolute Gasteiger partial charge is 0.349 e. The van der Waals surface area contributed by atoms with Crippen molar-refractivity contribution in [2.45, 2.75) is 43.5 Å². The van der Waals surface area contributed by atoms with Gasteiger partial charge in [0.15, 0.2) is 5.78 Å². The van der Waals surface area contributed by atoms with Crippen molar-refractivity contribution in [3.05, 3.63) is 65.2 Å². The number of rotatable bonds is 6. The zero-order valence-electron chi connectivity index (χ0n) is 16.6. The Morgan fingerprint density at radius 2 is 1.66 bits per heavy atom. The molecule has 1 fully saturated rings. The fraction of sp³-hybridized carbons (Fsp3) is 0.348. The van der Waals surface area contributed by atoms with Gasteiger partial charge < -0.3 is 10.2 Å².